The standard InChI is InChI=1S/C7H18O4P/c1-5-6(2)12(8,9)7(10-3)11-4/h6-9H,5H2,1-4H3/q+1. The lowest BCUT2D eigenvalue weighted by molar-refractivity contribution is -0.0552. The topological polar surface area (TPSA) is 58.9 Å². The molecule has 0 rings (SSSR count). The van der Waals surface area contributed by atoms with Crippen molar-refractivity contribution in [3.05, 3.63) is 0 Å². The van der Waals surface area contributed by atoms with Gasteiger partial charge in [0.05, 0.1) is 0 Å². The summed E-state index contributed by atoms with van der Waals surface area (Å²) in [6, 6.07) is -0.882. The number of methoxy groups -OCH3 is 2. The first kappa shape index (κ1) is 12.3. The van der Waals surface area contributed by atoms with Gasteiger partial charge in [-0.05, 0) is 13.3 Å². The lowest BCUT2D eigenvalue weighted by atomic mass is 10.4. The van der Waals surface area contributed by atoms with Crippen LogP contribution < -0.4 is 0 Å². The molecule has 0 aliphatic heterocycles. The van der Waals surface area contributed by atoms with Gasteiger partial charge >= 0.3 is 13.7 Å². The SMILES string of the molecule is CCC(C)[P+](O)(O)C(OC)OC. The minimum atomic E-state index is -3.09. The zero-order chi connectivity index (χ0) is 9.78. The number of rotatable bonds is 5. The predicted octanol–water partition coefficient (Wildman–Crippen LogP) is 1.19. The summed E-state index contributed by atoms with van der Waals surface area (Å²) in [4.78, 5) is 19.3. The Morgan fingerprint density at radius 3 is 1.92 bits per heavy atom. The highest BCUT2D eigenvalue weighted by Gasteiger charge is 2.50. The van der Waals surface area contributed by atoms with E-state index < -0.39 is 13.7 Å². The van der Waals surface area contributed by atoms with Crippen LogP contribution in [0.5, 0.6) is 0 Å². The van der Waals surface area contributed by atoms with Gasteiger partial charge in [0.25, 0.3) is 0 Å². The van der Waals surface area contributed by atoms with E-state index in [2.05, 4.69) is 0 Å². The lowest BCUT2D eigenvalue weighted by Crippen LogP contribution is -2.24. The van der Waals surface area contributed by atoms with Crippen molar-refractivity contribution in [2.45, 2.75) is 32.0 Å². The molecule has 0 aliphatic carbocycles. The van der Waals surface area contributed by atoms with Gasteiger partial charge in [0.15, 0.2) is 0 Å². The zero-order valence-electron chi connectivity index (χ0n) is 8.02. The average Bonchev–Trinajstić information content (AvgIpc) is 2.04. The first-order chi connectivity index (χ1) is 5.50. The van der Waals surface area contributed by atoms with Gasteiger partial charge in [0, 0.05) is 14.2 Å². The van der Waals surface area contributed by atoms with Gasteiger partial charge in [-0.15, -0.1) is 0 Å². The quantitative estimate of drug-likeness (QED) is 0.513. The van der Waals surface area contributed by atoms with Crippen molar-refractivity contribution in [3.8, 4) is 0 Å². The molecule has 0 saturated carbocycles. The summed E-state index contributed by atoms with van der Waals surface area (Å²) in [5, 5.41) is 0. The zero-order valence-corrected chi connectivity index (χ0v) is 8.91. The average molecular weight is 197 g/mol. The second-order valence-electron chi connectivity index (χ2n) is 2.74. The van der Waals surface area contributed by atoms with Gasteiger partial charge in [-0.3, -0.25) is 0 Å². The lowest BCUT2D eigenvalue weighted by Gasteiger charge is -2.23. The minimum Gasteiger partial charge on any atom is -0.321 e. The fraction of sp³-hybridized carbons (Fsp3) is 1.00. The van der Waals surface area contributed by atoms with Crippen LogP contribution >= 0.6 is 7.72 Å². The van der Waals surface area contributed by atoms with E-state index in [-0.39, 0.29) is 5.66 Å². The van der Waals surface area contributed by atoms with E-state index in [0.717, 1.165) is 0 Å². The molecule has 0 bridgehead atoms. The van der Waals surface area contributed by atoms with Crippen molar-refractivity contribution in [3.63, 3.8) is 0 Å². The highest BCUT2D eigenvalue weighted by molar-refractivity contribution is 7.65. The molecular formula is C7H18O4P+. The summed E-state index contributed by atoms with van der Waals surface area (Å²) in [7, 11) is -0.287. The van der Waals surface area contributed by atoms with Crippen LogP contribution in [0.2, 0.25) is 0 Å². The molecule has 0 aromatic carbocycles. The summed E-state index contributed by atoms with van der Waals surface area (Å²) in [5.74, 6) is 0. The molecule has 5 heteroatoms. The first-order valence-corrected chi connectivity index (χ1v) is 5.73. The summed E-state index contributed by atoms with van der Waals surface area (Å²) >= 11 is 0. The van der Waals surface area contributed by atoms with E-state index >= 15 is 0 Å². The molecular weight excluding hydrogens is 179 g/mol. The van der Waals surface area contributed by atoms with Crippen LogP contribution in [0.4, 0.5) is 0 Å². The Hall–Kier alpha value is 0.270. The highest BCUT2D eigenvalue weighted by Crippen LogP contribution is 2.60. The molecule has 0 radical (unpaired) electrons. The molecule has 74 valence electrons. The Morgan fingerprint density at radius 2 is 1.67 bits per heavy atom. The van der Waals surface area contributed by atoms with Crippen LogP contribution in [-0.4, -0.2) is 35.7 Å². The molecule has 0 heterocycles. The third-order valence-electron chi connectivity index (χ3n) is 1.95. The van der Waals surface area contributed by atoms with Crippen molar-refractivity contribution < 1.29 is 19.3 Å². The maximum absolute atomic E-state index is 9.66. The Morgan fingerprint density at radius 1 is 1.25 bits per heavy atom. The van der Waals surface area contributed by atoms with Gasteiger partial charge < -0.3 is 9.47 Å². The van der Waals surface area contributed by atoms with Gasteiger partial charge in [0.1, 0.15) is 5.66 Å². The fourth-order valence-electron chi connectivity index (χ4n) is 0.883. The van der Waals surface area contributed by atoms with Gasteiger partial charge in [-0.2, -0.15) is 0 Å². The Bertz CT molecular complexity index is 125. The van der Waals surface area contributed by atoms with Crippen LogP contribution in [0.15, 0.2) is 0 Å². The molecule has 0 aromatic rings. The van der Waals surface area contributed by atoms with Gasteiger partial charge in [0.2, 0.25) is 0 Å². The molecule has 0 fully saturated rings. The molecule has 1 atom stereocenters. The van der Waals surface area contributed by atoms with Crippen molar-refractivity contribution >= 4 is 7.72 Å². The van der Waals surface area contributed by atoms with E-state index in [1.807, 2.05) is 6.92 Å². The second-order valence-corrected chi connectivity index (χ2v) is 5.44. The molecule has 2 N–H and O–H groups in total. The minimum absolute atomic E-state index is 0.178. The summed E-state index contributed by atoms with van der Waals surface area (Å²) < 4.78 is 9.63. The monoisotopic (exact) mass is 197 g/mol. The molecule has 12 heavy (non-hydrogen) atoms. The molecule has 1 unspecified atom stereocenters. The molecule has 4 nitrogen and oxygen atoms in total. The van der Waals surface area contributed by atoms with Crippen molar-refractivity contribution in [2.75, 3.05) is 14.2 Å². The van der Waals surface area contributed by atoms with E-state index in [0.29, 0.717) is 6.42 Å². The summed E-state index contributed by atoms with van der Waals surface area (Å²) in [6.07, 6.45) is 0.698. The van der Waals surface area contributed by atoms with Crippen molar-refractivity contribution in [2.24, 2.45) is 0 Å². The van der Waals surface area contributed by atoms with E-state index in [1.54, 1.807) is 6.92 Å². The maximum Gasteiger partial charge on any atom is 0.329 e. The second kappa shape index (κ2) is 5.10. The third kappa shape index (κ3) is 2.64. The largest absolute Gasteiger partial charge is 0.329 e. The number of hydrogen-bond donors (Lipinski definition) is 2. The van der Waals surface area contributed by atoms with E-state index in [9.17, 15) is 9.79 Å². The number of ether oxygens (including phenoxy) is 2. The van der Waals surface area contributed by atoms with Crippen LogP contribution in [0, 0.1) is 0 Å². The van der Waals surface area contributed by atoms with Crippen LogP contribution in [-0.2, 0) is 9.47 Å². The maximum atomic E-state index is 9.66. The van der Waals surface area contributed by atoms with E-state index in [4.69, 9.17) is 9.47 Å². The molecule has 0 spiro atoms. The van der Waals surface area contributed by atoms with Crippen molar-refractivity contribution in [1.82, 2.24) is 0 Å². The normalized spacial score (nSPS) is 15.2. The van der Waals surface area contributed by atoms with Crippen LogP contribution in [0.1, 0.15) is 20.3 Å². The first-order valence-electron chi connectivity index (χ1n) is 3.90. The molecule has 0 aliphatic rings. The van der Waals surface area contributed by atoms with Gasteiger partial charge in [-0.1, -0.05) is 6.92 Å². The molecule has 0 aromatic heterocycles. The summed E-state index contributed by atoms with van der Waals surface area (Å²) in [6.45, 7) is 3.67. The Kier molecular flexibility index (Phi) is 5.21. The number of hydrogen-bond acceptors (Lipinski definition) is 4. The van der Waals surface area contributed by atoms with Crippen LogP contribution in [0.3, 0.4) is 0 Å². The molecule has 0 amide bonds. The Balaban J connectivity index is 4.33. The molecule has 0 saturated heterocycles. The summed E-state index contributed by atoms with van der Waals surface area (Å²) in [5.41, 5.74) is -0.178. The van der Waals surface area contributed by atoms with E-state index in [1.165, 1.54) is 14.2 Å². The predicted molar refractivity (Wildman–Crippen MR) is 48.9 cm³/mol. The Labute approximate surface area is 74.0 Å². The fourth-order valence-corrected chi connectivity index (χ4v) is 2.46. The highest BCUT2D eigenvalue weighted by atomic mass is 31.2. The van der Waals surface area contributed by atoms with Crippen LogP contribution in [0.25, 0.3) is 0 Å². The van der Waals surface area contributed by atoms with Gasteiger partial charge in [-0.25, -0.2) is 9.79 Å². The third-order valence-corrected chi connectivity index (χ3v) is 4.66. The van der Waals surface area contributed by atoms with Crippen molar-refractivity contribution in [1.29, 1.82) is 0 Å². The smallest absolute Gasteiger partial charge is 0.321 e.